The lowest BCUT2D eigenvalue weighted by molar-refractivity contribution is -0.137. The Morgan fingerprint density at radius 1 is 1.38 bits per heavy atom. The summed E-state index contributed by atoms with van der Waals surface area (Å²) in [5, 5.41) is 5.08. The lowest BCUT2D eigenvalue weighted by atomic mass is 10.1. The number of hydrogen-bond donors (Lipinski definition) is 2. The first-order valence-corrected chi connectivity index (χ1v) is 7.04. The van der Waals surface area contributed by atoms with Crippen molar-refractivity contribution in [1.29, 1.82) is 0 Å². The number of anilines is 1. The van der Waals surface area contributed by atoms with Crippen LogP contribution in [0.2, 0.25) is 5.02 Å². The van der Waals surface area contributed by atoms with E-state index >= 15 is 0 Å². The van der Waals surface area contributed by atoms with E-state index in [4.69, 9.17) is 11.6 Å². The molecule has 0 saturated carbocycles. The molecule has 0 aliphatic rings. The molecule has 1 atom stereocenters. The number of unbranched alkanes of at least 4 members (excludes halogenated alkanes) is 1. The average molecular weight is 323 g/mol. The summed E-state index contributed by atoms with van der Waals surface area (Å²) in [5.41, 5.74) is -0.724. The number of carbonyl (C=O) groups is 1. The fourth-order valence-corrected chi connectivity index (χ4v) is 1.91. The molecule has 1 unspecified atom stereocenters. The van der Waals surface area contributed by atoms with E-state index in [1.165, 1.54) is 6.07 Å². The first-order valence-electron chi connectivity index (χ1n) is 6.66. The average Bonchev–Trinajstić information content (AvgIpc) is 2.39. The Labute approximate surface area is 126 Å². The highest BCUT2D eigenvalue weighted by atomic mass is 35.5. The second-order valence-electron chi connectivity index (χ2n) is 4.70. The van der Waals surface area contributed by atoms with E-state index in [1.807, 2.05) is 6.92 Å². The second kappa shape index (κ2) is 7.54. The largest absolute Gasteiger partial charge is 0.417 e. The highest BCUT2D eigenvalue weighted by Crippen LogP contribution is 2.36. The number of alkyl halides is 3. The van der Waals surface area contributed by atoms with Crippen LogP contribution in [0.25, 0.3) is 0 Å². The normalized spacial score (nSPS) is 12.9. The Balaban J connectivity index is 2.72. The van der Waals surface area contributed by atoms with E-state index in [2.05, 4.69) is 10.6 Å². The maximum atomic E-state index is 12.7. The molecule has 0 aliphatic carbocycles. The fourth-order valence-electron chi connectivity index (χ4n) is 1.69. The summed E-state index contributed by atoms with van der Waals surface area (Å²) < 4.78 is 38.2. The Morgan fingerprint density at radius 3 is 2.62 bits per heavy atom. The minimum absolute atomic E-state index is 0.199. The van der Waals surface area contributed by atoms with E-state index in [0.717, 1.165) is 25.0 Å². The number of hydrogen-bond acceptors (Lipinski definition) is 2. The summed E-state index contributed by atoms with van der Waals surface area (Å²) in [6.07, 6.45) is -2.72. The number of amides is 1. The van der Waals surface area contributed by atoms with Crippen LogP contribution in [0.1, 0.15) is 32.3 Å². The zero-order valence-electron chi connectivity index (χ0n) is 11.9. The van der Waals surface area contributed by atoms with E-state index in [0.29, 0.717) is 6.54 Å². The number of nitrogens with one attached hydrogen (secondary N) is 2. The monoisotopic (exact) mass is 322 g/mol. The molecule has 0 aliphatic heterocycles. The summed E-state index contributed by atoms with van der Waals surface area (Å²) in [6, 6.07) is 2.84. The van der Waals surface area contributed by atoms with Crippen molar-refractivity contribution in [3.8, 4) is 0 Å². The van der Waals surface area contributed by atoms with Gasteiger partial charge in [-0.25, -0.2) is 0 Å². The molecule has 0 heterocycles. The molecule has 118 valence electrons. The molecule has 0 radical (unpaired) electrons. The summed E-state index contributed by atoms with van der Waals surface area (Å²) in [6.45, 7) is 4.14. The van der Waals surface area contributed by atoms with Gasteiger partial charge in [0.15, 0.2) is 0 Å². The van der Waals surface area contributed by atoms with Crippen LogP contribution in [-0.2, 0) is 11.0 Å². The molecule has 7 heteroatoms. The van der Waals surface area contributed by atoms with Crippen LogP contribution in [0.3, 0.4) is 0 Å². The smallest absolute Gasteiger partial charge is 0.374 e. The number of carbonyl (C=O) groups excluding carboxylic acids is 1. The van der Waals surface area contributed by atoms with Gasteiger partial charge in [0.25, 0.3) is 0 Å². The van der Waals surface area contributed by atoms with Crippen molar-refractivity contribution in [3.05, 3.63) is 28.8 Å². The molecule has 1 amide bonds. The lowest BCUT2D eigenvalue weighted by Crippen LogP contribution is -2.38. The highest BCUT2D eigenvalue weighted by Gasteiger charge is 2.33. The van der Waals surface area contributed by atoms with Gasteiger partial charge in [0, 0.05) is 12.2 Å². The van der Waals surface area contributed by atoms with Crippen LogP contribution in [-0.4, -0.2) is 18.5 Å². The van der Waals surface area contributed by atoms with Crippen molar-refractivity contribution in [2.24, 2.45) is 0 Å². The molecule has 2 N–H and O–H groups in total. The van der Waals surface area contributed by atoms with Crippen LogP contribution in [0.15, 0.2) is 18.2 Å². The quantitative estimate of drug-likeness (QED) is 0.775. The van der Waals surface area contributed by atoms with Gasteiger partial charge in [-0.3, -0.25) is 4.79 Å². The van der Waals surface area contributed by atoms with Crippen molar-refractivity contribution >= 4 is 23.2 Å². The summed E-state index contributed by atoms with van der Waals surface area (Å²) >= 11 is 5.54. The standard InChI is InChI=1S/C14H18ClF3N2O/c1-3-4-7-19-13(21)9(2)20-10-5-6-12(15)11(8-10)14(16,17)18/h5-6,8-9,20H,3-4,7H2,1-2H3,(H,19,21). The SMILES string of the molecule is CCCCNC(=O)C(C)Nc1ccc(Cl)c(C(F)(F)F)c1. The molecule has 0 saturated heterocycles. The molecule has 1 rings (SSSR count). The predicted molar refractivity (Wildman–Crippen MR) is 77.5 cm³/mol. The van der Waals surface area contributed by atoms with Gasteiger partial charge in [0.05, 0.1) is 10.6 Å². The van der Waals surface area contributed by atoms with Crippen molar-refractivity contribution < 1.29 is 18.0 Å². The van der Waals surface area contributed by atoms with E-state index in [-0.39, 0.29) is 16.6 Å². The highest BCUT2D eigenvalue weighted by molar-refractivity contribution is 6.31. The summed E-state index contributed by atoms with van der Waals surface area (Å²) in [7, 11) is 0. The van der Waals surface area contributed by atoms with Crippen LogP contribution in [0.4, 0.5) is 18.9 Å². The van der Waals surface area contributed by atoms with Gasteiger partial charge in [-0.2, -0.15) is 13.2 Å². The Morgan fingerprint density at radius 2 is 2.05 bits per heavy atom. The van der Waals surface area contributed by atoms with Gasteiger partial charge in [-0.15, -0.1) is 0 Å². The lowest BCUT2D eigenvalue weighted by Gasteiger charge is -2.17. The number of rotatable bonds is 6. The Hall–Kier alpha value is -1.43. The molecule has 1 aromatic rings. The van der Waals surface area contributed by atoms with Gasteiger partial charge < -0.3 is 10.6 Å². The molecule has 0 fully saturated rings. The van der Waals surface area contributed by atoms with Crippen LogP contribution in [0, 0.1) is 0 Å². The Kier molecular flexibility index (Phi) is 6.33. The maximum Gasteiger partial charge on any atom is 0.417 e. The molecule has 0 spiro atoms. The minimum Gasteiger partial charge on any atom is -0.374 e. The molecular formula is C14H18ClF3N2O. The van der Waals surface area contributed by atoms with Crippen LogP contribution in [0.5, 0.6) is 0 Å². The summed E-state index contributed by atoms with van der Waals surface area (Å²) in [4.78, 5) is 11.7. The first kappa shape index (κ1) is 17.6. The van der Waals surface area contributed by atoms with Crippen LogP contribution >= 0.6 is 11.6 Å². The topological polar surface area (TPSA) is 41.1 Å². The maximum absolute atomic E-state index is 12.7. The molecule has 1 aromatic carbocycles. The second-order valence-corrected chi connectivity index (χ2v) is 5.11. The minimum atomic E-state index is -4.53. The van der Waals surface area contributed by atoms with E-state index in [9.17, 15) is 18.0 Å². The predicted octanol–water partition coefficient (Wildman–Crippen LogP) is 4.08. The first-order chi connectivity index (χ1) is 9.75. The number of halogens is 4. The number of benzene rings is 1. The van der Waals surface area contributed by atoms with Gasteiger partial charge in [-0.05, 0) is 31.5 Å². The zero-order chi connectivity index (χ0) is 16.0. The third-order valence-electron chi connectivity index (χ3n) is 2.88. The third kappa shape index (κ3) is 5.46. The van der Waals surface area contributed by atoms with Crippen molar-refractivity contribution in [1.82, 2.24) is 5.32 Å². The van der Waals surface area contributed by atoms with Crippen LogP contribution < -0.4 is 10.6 Å². The van der Waals surface area contributed by atoms with Gasteiger partial charge in [0.1, 0.15) is 6.04 Å². The molecule has 21 heavy (non-hydrogen) atoms. The van der Waals surface area contributed by atoms with Gasteiger partial charge in [-0.1, -0.05) is 24.9 Å². The fraction of sp³-hybridized carbons (Fsp3) is 0.500. The third-order valence-corrected chi connectivity index (χ3v) is 3.21. The molecular weight excluding hydrogens is 305 g/mol. The van der Waals surface area contributed by atoms with Gasteiger partial charge in [0.2, 0.25) is 5.91 Å². The molecule has 0 aromatic heterocycles. The molecule has 3 nitrogen and oxygen atoms in total. The van der Waals surface area contributed by atoms with Crippen molar-refractivity contribution in [3.63, 3.8) is 0 Å². The van der Waals surface area contributed by atoms with Crippen molar-refractivity contribution in [2.75, 3.05) is 11.9 Å². The molecule has 0 bridgehead atoms. The summed E-state index contributed by atoms with van der Waals surface area (Å²) in [5.74, 6) is -0.257. The van der Waals surface area contributed by atoms with E-state index in [1.54, 1.807) is 6.92 Å². The van der Waals surface area contributed by atoms with E-state index < -0.39 is 17.8 Å². The zero-order valence-corrected chi connectivity index (χ0v) is 12.6. The Bertz CT molecular complexity index is 492. The van der Waals surface area contributed by atoms with Gasteiger partial charge >= 0.3 is 6.18 Å². The van der Waals surface area contributed by atoms with Crippen molar-refractivity contribution in [2.45, 2.75) is 38.9 Å².